The molecule has 0 aliphatic carbocycles. The zero-order chi connectivity index (χ0) is 14.6. The Labute approximate surface area is 121 Å². The third-order valence-corrected chi connectivity index (χ3v) is 3.23. The molecule has 1 aromatic heterocycles. The molecule has 20 heavy (non-hydrogen) atoms. The van der Waals surface area contributed by atoms with Crippen molar-refractivity contribution < 1.29 is 0 Å². The first-order valence-corrected chi connectivity index (χ1v) is 7.27. The van der Waals surface area contributed by atoms with Crippen molar-refractivity contribution in [3.63, 3.8) is 0 Å². The van der Waals surface area contributed by atoms with Gasteiger partial charge in [-0.1, -0.05) is 24.3 Å². The van der Waals surface area contributed by atoms with Crippen molar-refractivity contribution in [1.29, 1.82) is 0 Å². The van der Waals surface area contributed by atoms with E-state index >= 15 is 0 Å². The van der Waals surface area contributed by atoms with Gasteiger partial charge in [-0.3, -0.25) is 4.98 Å². The maximum absolute atomic E-state index is 4.67. The number of rotatable bonds is 5. The fourth-order valence-corrected chi connectivity index (χ4v) is 2.02. The third kappa shape index (κ3) is 4.58. The molecule has 2 aromatic rings. The molecule has 2 rings (SSSR count). The van der Waals surface area contributed by atoms with E-state index in [2.05, 4.69) is 67.6 Å². The lowest BCUT2D eigenvalue weighted by Crippen LogP contribution is -2.44. The van der Waals surface area contributed by atoms with Crippen molar-refractivity contribution in [3.05, 3.63) is 42.1 Å². The van der Waals surface area contributed by atoms with Gasteiger partial charge in [0.25, 0.3) is 0 Å². The monoisotopic (exact) mass is 271 g/mol. The SMILES string of the molecule is CC(CNC(C)(C)C)NCc1ccc2ccccc2n1. The van der Waals surface area contributed by atoms with Gasteiger partial charge < -0.3 is 10.6 Å². The molecule has 0 spiro atoms. The molecular formula is C17H25N3. The van der Waals surface area contributed by atoms with Crippen LogP contribution in [0.3, 0.4) is 0 Å². The van der Waals surface area contributed by atoms with Crippen LogP contribution in [0.4, 0.5) is 0 Å². The van der Waals surface area contributed by atoms with Crippen LogP contribution in [0, 0.1) is 0 Å². The Morgan fingerprint density at radius 1 is 1.10 bits per heavy atom. The van der Waals surface area contributed by atoms with E-state index in [0.717, 1.165) is 24.3 Å². The molecule has 0 saturated heterocycles. The van der Waals surface area contributed by atoms with Crippen molar-refractivity contribution in [2.75, 3.05) is 6.54 Å². The van der Waals surface area contributed by atoms with Gasteiger partial charge in [0, 0.05) is 30.1 Å². The van der Waals surface area contributed by atoms with Gasteiger partial charge in [0.15, 0.2) is 0 Å². The molecule has 3 nitrogen and oxygen atoms in total. The highest BCUT2D eigenvalue weighted by Crippen LogP contribution is 2.11. The minimum Gasteiger partial charge on any atom is -0.311 e. The molecule has 108 valence electrons. The topological polar surface area (TPSA) is 37.0 Å². The highest BCUT2D eigenvalue weighted by molar-refractivity contribution is 5.78. The summed E-state index contributed by atoms with van der Waals surface area (Å²) < 4.78 is 0. The number of nitrogens with one attached hydrogen (secondary N) is 2. The first-order valence-electron chi connectivity index (χ1n) is 7.27. The van der Waals surface area contributed by atoms with Crippen molar-refractivity contribution >= 4 is 10.9 Å². The fourth-order valence-electron chi connectivity index (χ4n) is 2.02. The maximum Gasteiger partial charge on any atom is 0.0705 e. The summed E-state index contributed by atoms with van der Waals surface area (Å²) in [5.41, 5.74) is 2.32. The maximum atomic E-state index is 4.67. The number of nitrogens with zero attached hydrogens (tertiary/aromatic N) is 1. The summed E-state index contributed by atoms with van der Waals surface area (Å²) in [6, 6.07) is 12.9. The Morgan fingerprint density at radius 2 is 1.85 bits per heavy atom. The largest absolute Gasteiger partial charge is 0.311 e. The van der Waals surface area contributed by atoms with Crippen molar-refractivity contribution in [2.45, 2.75) is 45.8 Å². The van der Waals surface area contributed by atoms with E-state index in [4.69, 9.17) is 0 Å². The van der Waals surface area contributed by atoms with E-state index in [1.165, 1.54) is 5.39 Å². The van der Waals surface area contributed by atoms with Crippen LogP contribution in [0.25, 0.3) is 10.9 Å². The Kier molecular flexibility index (Phi) is 4.73. The average Bonchev–Trinajstić information content (AvgIpc) is 2.42. The van der Waals surface area contributed by atoms with Gasteiger partial charge in [0.05, 0.1) is 11.2 Å². The van der Waals surface area contributed by atoms with E-state index < -0.39 is 0 Å². The number of para-hydroxylation sites is 1. The quantitative estimate of drug-likeness (QED) is 0.877. The molecule has 0 amide bonds. The molecule has 1 heterocycles. The summed E-state index contributed by atoms with van der Waals surface area (Å²) in [4.78, 5) is 4.67. The summed E-state index contributed by atoms with van der Waals surface area (Å²) in [6.07, 6.45) is 0. The molecule has 1 aromatic carbocycles. The second kappa shape index (κ2) is 6.33. The van der Waals surface area contributed by atoms with Gasteiger partial charge in [-0.2, -0.15) is 0 Å². The predicted octanol–water partition coefficient (Wildman–Crippen LogP) is 3.10. The van der Waals surface area contributed by atoms with E-state index in [9.17, 15) is 0 Å². The number of benzene rings is 1. The first-order chi connectivity index (χ1) is 9.44. The zero-order valence-corrected chi connectivity index (χ0v) is 12.9. The summed E-state index contributed by atoms with van der Waals surface area (Å²) in [7, 11) is 0. The minimum atomic E-state index is 0.164. The number of hydrogen-bond acceptors (Lipinski definition) is 3. The van der Waals surface area contributed by atoms with Gasteiger partial charge >= 0.3 is 0 Å². The van der Waals surface area contributed by atoms with Gasteiger partial charge in [-0.25, -0.2) is 0 Å². The molecular weight excluding hydrogens is 246 g/mol. The van der Waals surface area contributed by atoms with Crippen LogP contribution in [-0.4, -0.2) is 23.1 Å². The Morgan fingerprint density at radius 3 is 2.60 bits per heavy atom. The van der Waals surface area contributed by atoms with Gasteiger partial charge in [-0.05, 0) is 39.8 Å². The van der Waals surface area contributed by atoms with E-state index in [0.29, 0.717) is 6.04 Å². The lowest BCUT2D eigenvalue weighted by molar-refractivity contribution is 0.387. The summed E-state index contributed by atoms with van der Waals surface area (Å²) in [6.45, 7) is 10.5. The smallest absolute Gasteiger partial charge is 0.0705 e. The molecule has 1 unspecified atom stereocenters. The molecule has 0 bridgehead atoms. The minimum absolute atomic E-state index is 0.164. The van der Waals surface area contributed by atoms with Crippen molar-refractivity contribution in [2.24, 2.45) is 0 Å². The van der Waals surface area contributed by atoms with Gasteiger partial charge in [0.1, 0.15) is 0 Å². The van der Waals surface area contributed by atoms with E-state index in [-0.39, 0.29) is 5.54 Å². The predicted molar refractivity (Wildman–Crippen MR) is 85.8 cm³/mol. The molecule has 3 heteroatoms. The first kappa shape index (κ1) is 14.9. The molecule has 1 atom stereocenters. The van der Waals surface area contributed by atoms with Crippen molar-refractivity contribution in [1.82, 2.24) is 15.6 Å². The molecule has 0 saturated carbocycles. The Hall–Kier alpha value is -1.45. The Balaban J connectivity index is 1.89. The number of pyridine rings is 1. The van der Waals surface area contributed by atoms with Gasteiger partial charge in [0.2, 0.25) is 0 Å². The second-order valence-corrected chi connectivity index (χ2v) is 6.41. The highest BCUT2D eigenvalue weighted by Gasteiger charge is 2.10. The number of hydrogen-bond donors (Lipinski definition) is 2. The normalized spacial score (nSPS) is 13.6. The third-order valence-electron chi connectivity index (χ3n) is 3.23. The summed E-state index contributed by atoms with van der Waals surface area (Å²) in [5, 5.41) is 8.21. The van der Waals surface area contributed by atoms with Crippen LogP contribution in [-0.2, 0) is 6.54 Å². The van der Waals surface area contributed by atoms with Crippen molar-refractivity contribution in [3.8, 4) is 0 Å². The average molecular weight is 271 g/mol. The highest BCUT2D eigenvalue weighted by atomic mass is 15.0. The van der Waals surface area contributed by atoms with Crippen LogP contribution in [0.5, 0.6) is 0 Å². The molecule has 0 fully saturated rings. The molecule has 0 aliphatic rings. The number of aromatic nitrogens is 1. The van der Waals surface area contributed by atoms with Gasteiger partial charge in [-0.15, -0.1) is 0 Å². The van der Waals surface area contributed by atoms with Crippen LogP contribution in [0.1, 0.15) is 33.4 Å². The lowest BCUT2D eigenvalue weighted by atomic mass is 10.1. The Bertz CT molecular complexity index is 557. The molecule has 0 aliphatic heterocycles. The zero-order valence-electron chi connectivity index (χ0n) is 12.9. The molecule has 0 radical (unpaired) electrons. The van der Waals surface area contributed by atoms with E-state index in [1.807, 2.05) is 12.1 Å². The summed E-state index contributed by atoms with van der Waals surface area (Å²) in [5.74, 6) is 0. The summed E-state index contributed by atoms with van der Waals surface area (Å²) >= 11 is 0. The fraction of sp³-hybridized carbons (Fsp3) is 0.471. The second-order valence-electron chi connectivity index (χ2n) is 6.41. The molecule has 2 N–H and O–H groups in total. The van der Waals surface area contributed by atoms with E-state index in [1.54, 1.807) is 0 Å². The standard InChI is InChI=1S/C17H25N3/c1-13(11-19-17(2,3)4)18-12-15-10-9-14-7-5-6-8-16(14)20-15/h5-10,13,18-19H,11-12H2,1-4H3. The van der Waals surface area contributed by atoms with Crippen LogP contribution >= 0.6 is 0 Å². The number of fused-ring (bicyclic) bond motifs is 1. The van der Waals surface area contributed by atoms with Crippen LogP contribution < -0.4 is 10.6 Å². The van der Waals surface area contributed by atoms with Crippen LogP contribution in [0.15, 0.2) is 36.4 Å². The lowest BCUT2D eigenvalue weighted by Gasteiger charge is -2.24. The van der Waals surface area contributed by atoms with Crippen LogP contribution in [0.2, 0.25) is 0 Å².